The molecular formula is C38H54N4O8. The van der Waals surface area contributed by atoms with Gasteiger partial charge >= 0.3 is 11.9 Å². The zero-order chi connectivity index (χ0) is 36.9. The van der Waals surface area contributed by atoms with Gasteiger partial charge in [0.1, 0.15) is 6.04 Å². The Morgan fingerprint density at radius 1 is 0.680 bits per heavy atom. The average Bonchev–Trinajstić information content (AvgIpc) is 3.09. The Kier molecular flexibility index (Phi) is 18.9. The van der Waals surface area contributed by atoms with Crippen LogP contribution in [-0.4, -0.2) is 71.5 Å². The van der Waals surface area contributed by atoms with Crippen molar-refractivity contribution in [2.75, 3.05) is 19.6 Å². The fourth-order valence-corrected chi connectivity index (χ4v) is 5.36. The topological polar surface area (TPSA) is 191 Å². The molecule has 2 aromatic carbocycles. The van der Waals surface area contributed by atoms with E-state index in [9.17, 15) is 33.9 Å². The number of aromatic carboxylic acids is 2. The predicted octanol–water partition coefficient (Wildman–Crippen LogP) is 4.50. The summed E-state index contributed by atoms with van der Waals surface area (Å²) in [6, 6.07) is 11.9. The Balaban J connectivity index is 1.52. The minimum Gasteiger partial charge on any atom is -0.478 e. The van der Waals surface area contributed by atoms with Crippen LogP contribution in [0.25, 0.3) is 0 Å². The Labute approximate surface area is 295 Å². The Bertz CT molecular complexity index is 1410. The first-order chi connectivity index (χ1) is 23.9. The molecule has 0 saturated carbocycles. The molecule has 0 aliphatic heterocycles. The number of carbonyl (C=O) groups is 6. The number of carboxylic acid groups (broad SMARTS) is 2. The van der Waals surface area contributed by atoms with Gasteiger partial charge in [-0.3, -0.25) is 19.2 Å². The molecule has 0 radical (unpaired) electrons. The van der Waals surface area contributed by atoms with Gasteiger partial charge in [0.25, 0.3) is 0 Å². The number of hydrogen-bond acceptors (Lipinski definition) is 6. The number of benzene rings is 2. The van der Waals surface area contributed by atoms with E-state index in [2.05, 4.69) is 21.3 Å². The molecule has 0 saturated heterocycles. The Morgan fingerprint density at radius 3 is 1.92 bits per heavy atom. The molecule has 50 heavy (non-hydrogen) atoms. The van der Waals surface area contributed by atoms with Gasteiger partial charge in [-0.1, -0.05) is 83.2 Å². The lowest BCUT2D eigenvalue weighted by Gasteiger charge is -2.23. The lowest BCUT2D eigenvalue weighted by Crippen LogP contribution is -2.50. The van der Waals surface area contributed by atoms with Gasteiger partial charge in [0.2, 0.25) is 23.6 Å². The number of nitrogens with one attached hydrogen (secondary N) is 4. The third-order valence-corrected chi connectivity index (χ3v) is 8.71. The molecule has 0 bridgehead atoms. The SMILES string of the molecule is CCC(C)[C@H](NC(=O)Cc1ccc(C(=O)O)cc1)C(=O)NCCCCCCCCNC(=O)CCC(C)CNC(=O)Cc1ccccc1C(=O)O. The van der Waals surface area contributed by atoms with Crippen LogP contribution in [0.2, 0.25) is 0 Å². The summed E-state index contributed by atoms with van der Waals surface area (Å²) < 4.78 is 0. The molecule has 0 aliphatic rings. The lowest BCUT2D eigenvalue weighted by molar-refractivity contribution is -0.130. The van der Waals surface area contributed by atoms with Crippen molar-refractivity contribution in [2.24, 2.45) is 11.8 Å². The number of carbonyl (C=O) groups excluding carboxylic acids is 4. The van der Waals surface area contributed by atoms with Crippen LogP contribution in [0.4, 0.5) is 0 Å². The van der Waals surface area contributed by atoms with Crippen LogP contribution in [0, 0.1) is 11.8 Å². The van der Waals surface area contributed by atoms with E-state index < -0.39 is 18.0 Å². The highest BCUT2D eigenvalue weighted by atomic mass is 16.4. The maximum Gasteiger partial charge on any atom is 0.335 e. The van der Waals surface area contributed by atoms with E-state index in [-0.39, 0.29) is 59.4 Å². The second-order valence-corrected chi connectivity index (χ2v) is 13.0. The smallest absolute Gasteiger partial charge is 0.335 e. The summed E-state index contributed by atoms with van der Waals surface area (Å²) in [6.45, 7) is 7.39. The standard InChI is InChI=1S/C38H54N4O8/c1-4-27(3)35(42-34(45)23-28-16-18-29(19-17-28)37(47)48)36(46)40-22-12-8-6-5-7-11-21-39-32(43)20-15-26(2)25-41-33(44)24-30-13-9-10-14-31(30)38(49)50/h9-10,13-14,16-19,26-27,35H,4-8,11-12,15,20-25H2,1-3H3,(H,39,43)(H,40,46)(H,41,44)(H,42,45)(H,47,48)(H,49,50)/t26?,27?,35-/m0/s1. The van der Waals surface area contributed by atoms with Crippen LogP contribution < -0.4 is 21.3 Å². The Morgan fingerprint density at radius 2 is 1.30 bits per heavy atom. The minimum atomic E-state index is -1.06. The zero-order valence-electron chi connectivity index (χ0n) is 29.6. The molecule has 0 aliphatic carbocycles. The number of amides is 4. The van der Waals surface area contributed by atoms with Gasteiger partial charge in [-0.2, -0.15) is 0 Å². The summed E-state index contributed by atoms with van der Waals surface area (Å²) >= 11 is 0. The van der Waals surface area contributed by atoms with Gasteiger partial charge in [-0.15, -0.1) is 0 Å². The van der Waals surface area contributed by atoms with Gasteiger partial charge in [0.05, 0.1) is 24.0 Å². The zero-order valence-corrected chi connectivity index (χ0v) is 29.6. The molecule has 0 heterocycles. The summed E-state index contributed by atoms with van der Waals surface area (Å²) in [5.74, 6) is -2.81. The summed E-state index contributed by atoms with van der Waals surface area (Å²) in [5, 5.41) is 29.9. The van der Waals surface area contributed by atoms with Crippen LogP contribution in [0.5, 0.6) is 0 Å². The van der Waals surface area contributed by atoms with Crippen molar-refractivity contribution < 1.29 is 39.0 Å². The Hall–Kier alpha value is -4.74. The molecule has 12 heteroatoms. The number of carboxylic acids is 2. The number of hydrogen-bond donors (Lipinski definition) is 6. The van der Waals surface area contributed by atoms with Crippen molar-refractivity contribution in [2.45, 2.75) is 97.4 Å². The first-order valence-corrected chi connectivity index (χ1v) is 17.6. The van der Waals surface area contributed by atoms with Crippen molar-refractivity contribution >= 4 is 35.6 Å². The largest absolute Gasteiger partial charge is 0.478 e. The molecule has 2 rings (SSSR count). The fraction of sp³-hybridized carbons (Fsp3) is 0.526. The van der Waals surface area contributed by atoms with Gasteiger partial charge in [-0.05, 0) is 60.4 Å². The van der Waals surface area contributed by atoms with Crippen LogP contribution in [-0.2, 0) is 32.0 Å². The molecular weight excluding hydrogens is 640 g/mol. The second-order valence-electron chi connectivity index (χ2n) is 13.0. The average molecular weight is 695 g/mol. The summed E-state index contributed by atoms with van der Waals surface area (Å²) in [5.41, 5.74) is 1.40. The summed E-state index contributed by atoms with van der Waals surface area (Å²) in [4.78, 5) is 72.4. The van der Waals surface area contributed by atoms with Crippen LogP contribution >= 0.6 is 0 Å². The van der Waals surface area contributed by atoms with Gasteiger partial charge in [0.15, 0.2) is 0 Å². The van der Waals surface area contributed by atoms with E-state index in [0.29, 0.717) is 43.6 Å². The predicted molar refractivity (Wildman–Crippen MR) is 191 cm³/mol. The number of unbranched alkanes of at least 4 members (excludes halogenated alkanes) is 5. The molecule has 0 aromatic heterocycles. The number of rotatable bonds is 24. The maximum absolute atomic E-state index is 12.9. The van der Waals surface area contributed by atoms with E-state index >= 15 is 0 Å². The molecule has 6 N–H and O–H groups in total. The molecule has 2 unspecified atom stereocenters. The van der Waals surface area contributed by atoms with E-state index in [1.165, 1.54) is 18.2 Å². The van der Waals surface area contributed by atoms with Crippen molar-refractivity contribution in [3.63, 3.8) is 0 Å². The van der Waals surface area contributed by atoms with Crippen molar-refractivity contribution in [1.29, 1.82) is 0 Å². The van der Waals surface area contributed by atoms with Crippen LogP contribution in [0.15, 0.2) is 48.5 Å². The third kappa shape index (κ3) is 16.1. The van der Waals surface area contributed by atoms with Gasteiger partial charge in [0, 0.05) is 26.1 Å². The van der Waals surface area contributed by atoms with Crippen molar-refractivity contribution in [3.8, 4) is 0 Å². The van der Waals surface area contributed by atoms with E-state index in [4.69, 9.17) is 5.11 Å². The van der Waals surface area contributed by atoms with Crippen LogP contribution in [0.1, 0.15) is 110 Å². The molecule has 0 fully saturated rings. The molecule has 4 amide bonds. The fourth-order valence-electron chi connectivity index (χ4n) is 5.36. The highest BCUT2D eigenvalue weighted by Crippen LogP contribution is 2.12. The highest BCUT2D eigenvalue weighted by Gasteiger charge is 2.25. The monoisotopic (exact) mass is 694 g/mol. The maximum atomic E-state index is 12.9. The highest BCUT2D eigenvalue weighted by molar-refractivity contribution is 5.92. The first kappa shape index (κ1) is 41.4. The van der Waals surface area contributed by atoms with Crippen molar-refractivity contribution in [1.82, 2.24) is 21.3 Å². The van der Waals surface area contributed by atoms with Crippen LogP contribution in [0.3, 0.4) is 0 Å². The van der Waals surface area contributed by atoms with E-state index in [1.54, 1.807) is 30.3 Å². The molecule has 274 valence electrons. The molecule has 12 nitrogen and oxygen atoms in total. The van der Waals surface area contributed by atoms with E-state index in [1.807, 2.05) is 20.8 Å². The van der Waals surface area contributed by atoms with Gasteiger partial charge in [-0.25, -0.2) is 9.59 Å². The lowest BCUT2D eigenvalue weighted by atomic mass is 9.97. The first-order valence-electron chi connectivity index (χ1n) is 17.6. The second kappa shape index (κ2) is 22.8. The molecule has 2 aromatic rings. The third-order valence-electron chi connectivity index (χ3n) is 8.71. The van der Waals surface area contributed by atoms with E-state index in [0.717, 1.165) is 44.9 Å². The van der Waals surface area contributed by atoms with Crippen molar-refractivity contribution in [3.05, 3.63) is 70.8 Å². The summed E-state index contributed by atoms with van der Waals surface area (Å²) in [7, 11) is 0. The summed E-state index contributed by atoms with van der Waals surface area (Å²) in [6.07, 6.45) is 7.46. The van der Waals surface area contributed by atoms with Gasteiger partial charge < -0.3 is 31.5 Å². The normalized spacial score (nSPS) is 12.6. The molecule has 3 atom stereocenters. The quantitative estimate of drug-likeness (QED) is 0.0866. The minimum absolute atomic E-state index is 0.00981. The molecule has 0 spiro atoms.